The molecule has 3 aliphatic rings. The summed E-state index contributed by atoms with van der Waals surface area (Å²) in [5, 5.41) is 13.6. The van der Waals surface area contributed by atoms with Crippen molar-refractivity contribution >= 4 is 23.7 Å². The Bertz CT molecular complexity index is 1500. The van der Waals surface area contributed by atoms with Gasteiger partial charge in [-0.25, -0.2) is 0 Å². The lowest BCUT2D eigenvalue weighted by atomic mass is 9.70. The Kier molecular flexibility index (Phi) is 12.6. The number of esters is 1. The minimum absolute atomic E-state index is 0.0545. The molecule has 268 valence electrons. The maximum absolute atomic E-state index is 14.8. The lowest BCUT2D eigenvalue weighted by Gasteiger charge is -2.39. The number of hydrogen-bond donors (Lipinski definition) is 2. The van der Waals surface area contributed by atoms with Crippen LogP contribution < -0.4 is 5.32 Å². The molecule has 2 bridgehead atoms. The minimum Gasteiger partial charge on any atom is -0.455 e. The highest BCUT2D eigenvalue weighted by atomic mass is 16.6. The number of aliphatic hydroxyl groups excluding tert-OH is 1. The number of amides is 3. The molecule has 50 heavy (non-hydrogen) atoms. The Morgan fingerprint density at radius 2 is 1.82 bits per heavy atom. The molecule has 0 radical (unpaired) electrons. The molecule has 3 amide bonds. The smallest absolute Gasteiger partial charge is 0.313 e. The number of carbonyl (C=O) groups excluding carboxylic acids is 4. The maximum Gasteiger partial charge on any atom is 0.313 e. The number of rotatable bonds is 19. The van der Waals surface area contributed by atoms with Crippen molar-refractivity contribution in [3.05, 3.63) is 97.1 Å². The molecule has 2 aromatic carbocycles. The zero-order chi connectivity index (χ0) is 35.7. The fraction of sp³-hybridized carbons (Fsp3) is 0.500. The lowest BCUT2D eigenvalue weighted by molar-refractivity contribution is -0.161. The van der Waals surface area contributed by atoms with Gasteiger partial charge in [0.05, 0.1) is 37.1 Å². The van der Waals surface area contributed by atoms with Crippen LogP contribution in [-0.2, 0) is 35.1 Å². The highest BCUT2D eigenvalue weighted by Crippen LogP contribution is 2.59. The van der Waals surface area contributed by atoms with Gasteiger partial charge in [-0.2, -0.15) is 0 Å². The summed E-state index contributed by atoms with van der Waals surface area (Å²) in [6.45, 7) is 10.1. The lowest BCUT2D eigenvalue weighted by Crippen LogP contribution is -2.59. The number of hydrogen-bond acceptors (Lipinski definition) is 7. The van der Waals surface area contributed by atoms with Gasteiger partial charge in [-0.3, -0.25) is 19.2 Å². The Balaban J connectivity index is 1.48. The molecule has 2 aromatic rings. The molecule has 7 atom stereocenters. The number of aliphatic hydroxyl groups is 1. The Morgan fingerprint density at radius 1 is 1.10 bits per heavy atom. The van der Waals surface area contributed by atoms with E-state index in [2.05, 4.69) is 25.4 Å². The fourth-order valence-electron chi connectivity index (χ4n) is 7.98. The number of ether oxygens (including phenoxy) is 2. The molecule has 0 aliphatic carbocycles. The SMILES string of the molecule is C=CCCC(=O)NC[C@@H](OC(=O)[C@@H]1[C@H]2C(=O)N([C@@H](CO)Cc3ccccc3)[C@H](C(=O)N(CC=C)CCCCC)[C@]23CC[C@H]1O3)c1ccccc1. The van der Waals surface area contributed by atoms with Crippen molar-refractivity contribution in [2.24, 2.45) is 11.8 Å². The molecular weight excluding hydrogens is 634 g/mol. The van der Waals surface area contributed by atoms with Gasteiger partial charge in [0, 0.05) is 19.5 Å². The standard InChI is InChI=1S/C40H51N3O7/c1-4-7-15-24-42(23-6-3)38(47)36-40-22-21-31(50-40)34(35(40)37(46)43(36)30(27-44)25-28-16-11-9-12-17-28)39(48)49-32(29-18-13-10-14-19-29)26-41-33(45)20-8-5-2/h5-6,9-14,16-19,30-32,34-36,44H,2-4,7-8,15,20-27H2,1H3,(H,41,45)/t30-,31-,32-,34+,35+,36-,40+/m1/s1. The van der Waals surface area contributed by atoms with Crippen LogP contribution in [0.25, 0.3) is 0 Å². The summed E-state index contributed by atoms with van der Waals surface area (Å²) in [6, 6.07) is 17.0. The number of benzene rings is 2. The van der Waals surface area contributed by atoms with Crippen molar-refractivity contribution < 1.29 is 33.8 Å². The first-order chi connectivity index (χ1) is 24.3. The molecular formula is C40H51N3O7. The van der Waals surface area contributed by atoms with Crippen LogP contribution in [0, 0.1) is 11.8 Å². The first kappa shape index (κ1) is 37.0. The van der Waals surface area contributed by atoms with E-state index in [0.29, 0.717) is 44.3 Å². The third-order valence-corrected chi connectivity index (χ3v) is 10.3. The van der Waals surface area contributed by atoms with Crippen molar-refractivity contribution in [3.63, 3.8) is 0 Å². The van der Waals surface area contributed by atoms with Crippen molar-refractivity contribution in [1.29, 1.82) is 0 Å². The van der Waals surface area contributed by atoms with Crippen molar-refractivity contribution in [2.45, 2.75) is 88.2 Å². The first-order valence-electron chi connectivity index (χ1n) is 18.0. The molecule has 0 aromatic heterocycles. The molecule has 3 fully saturated rings. The fourth-order valence-corrected chi connectivity index (χ4v) is 7.98. The molecule has 3 heterocycles. The van der Waals surface area contributed by atoms with E-state index in [9.17, 15) is 24.3 Å². The highest BCUT2D eigenvalue weighted by Gasteiger charge is 2.75. The third-order valence-electron chi connectivity index (χ3n) is 10.3. The second-order valence-electron chi connectivity index (χ2n) is 13.6. The van der Waals surface area contributed by atoms with Gasteiger partial charge < -0.3 is 29.7 Å². The zero-order valence-electron chi connectivity index (χ0n) is 29.1. The summed E-state index contributed by atoms with van der Waals surface area (Å²) in [5.41, 5.74) is 0.359. The normalized spacial score (nSPS) is 24.7. The molecule has 1 spiro atoms. The number of likely N-dealkylation sites (tertiary alicyclic amines) is 1. The van der Waals surface area contributed by atoms with E-state index in [1.54, 1.807) is 17.1 Å². The minimum atomic E-state index is -1.25. The van der Waals surface area contributed by atoms with Crippen LogP contribution in [0.2, 0.25) is 0 Å². The molecule has 0 saturated carbocycles. The summed E-state index contributed by atoms with van der Waals surface area (Å²) < 4.78 is 12.8. The number of allylic oxidation sites excluding steroid dienone is 1. The van der Waals surface area contributed by atoms with Crippen LogP contribution in [0.5, 0.6) is 0 Å². The Morgan fingerprint density at radius 3 is 2.48 bits per heavy atom. The molecule has 0 unspecified atom stereocenters. The average Bonchev–Trinajstić information content (AvgIpc) is 3.79. The summed E-state index contributed by atoms with van der Waals surface area (Å²) >= 11 is 0. The van der Waals surface area contributed by atoms with E-state index < -0.39 is 47.7 Å². The third kappa shape index (κ3) is 7.71. The summed E-state index contributed by atoms with van der Waals surface area (Å²) in [5.74, 6) is -3.36. The number of nitrogens with zero attached hydrogens (tertiary/aromatic N) is 2. The van der Waals surface area contributed by atoms with Gasteiger partial charge in [0.1, 0.15) is 17.7 Å². The van der Waals surface area contributed by atoms with Crippen molar-refractivity contribution in [2.75, 3.05) is 26.2 Å². The van der Waals surface area contributed by atoms with Crippen LogP contribution >= 0.6 is 0 Å². The van der Waals surface area contributed by atoms with Gasteiger partial charge in [0.15, 0.2) is 0 Å². The van der Waals surface area contributed by atoms with E-state index in [1.807, 2.05) is 60.7 Å². The second kappa shape index (κ2) is 17.1. The van der Waals surface area contributed by atoms with E-state index in [-0.39, 0.29) is 37.3 Å². The predicted molar refractivity (Wildman–Crippen MR) is 189 cm³/mol. The number of fused-ring (bicyclic) bond motifs is 1. The van der Waals surface area contributed by atoms with Crippen LogP contribution in [0.4, 0.5) is 0 Å². The molecule has 10 heteroatoms. The molecule has 10 nitrogen and oxygen atoms in total. The van der Waals surface area contributed by atoms with Gasteiger partial charge in [-0.05, 0) is 43.2 Å². The topological polar surface area (TPSA) is 125 Å². The van der Waals surface area contributed by atoms with Gasteiger partial charge in [0.2, 0.25) is 17.7 Å². The molecule has 5 rings (SSSR count). The highest BCUT2D eigenvalue weighted by molar-refractivity contribution is 5.98. The van der Waals surface area contributed by atoms with E-state index in [4.69, 9.17) is 9.47 Å². The van der Waals surface area contributed by atoms with Crippen LogP contribution in [0.3, 0.4) is 0 Å². The van der Waals surface area contributed by atoms with Gasteiger partial charge in [-0.1, -0.05) is 92.6 Å². The zero-order valence-corrected chi connectivity index (χ0v) is 29.1. The first-order valence-corrected chi connectivity index (χ1v) is 18.0. The predicted octanol–water partition coefficient (Wildman–Crippen LogP) is 4.54. The summed E-state index contributed by atoms with van der Waals surface area (Å²) in [4.78, 5) is 59.5. The Labute approximate surface area is 295 Å². The average molecular weight is 686 g/mol. The quantitative estimate of drug-likeness (QED) is 0.126. The van der Waals surface area contributed by atoms with Crippen LogP contribution in [-0.4, -0.2) is 88.6 Å². The van der Waals surface area contributed by atoms with Crippen LogP contribution in [0.15, 0.2) is 86.0 Å². The monoisotopic (exact) mass is 685 g/mol. The maximum atomic E-state index is 14.8. The Hall–Kier alpha value is -4.28. The van der Waals surface area contributed by atoms with Crippen molar-refractivity contribution in [3.8, 4) is 0 Å². The van der Waals surface area contributed by atoms with E-state index in [0.717, 1.165) is 24.8 Å². The van der Waals surface area contributed by atoms with E-state index >= 15 is 0 Å². The van der Waals surface area contributed by atoms with E-state index in [1.165, 1.54) is 4.90 Å². The van der Waals surface area contributed by atoms with Crippen molar-refractivity contribution in [1.82, 2.24) is 15.1 Å². The molecule has 3 saturated heterocycles. The number of unbranched alkanes of at least 4 members (excludes halogenated alkanes) is 2. The number of carbonyl (C=O) groups is 4. The summed E-state index contributed by atoms with van der Waals surface area (Å²) in [7, 11) is 0. The van der Waals surface area contributed by atoms with Gasteiger partial charge in [-0.15, -0.1) is 13.2 Å². The molecule has 2 N–H and O–H groups in total. The van der Waals surface area contributed by atoms with Crippen LogP contribution in [0.1, 0.15) is 69.1 Å². The second-order valence-corrected chi connectivity index (χ2v) is 13.6. The van der Waals surface area contributed by atoms with Gasteiger partial charge >= 0.3 is 5.97 Å². The number of nitrogens with one attached hydrogen (secondary N) is 1. The largest absolute Gasteiger partial charge is 0.455 e. The van der Waals surface area contributed by atoms with Gasteiger partial charge in [0.25, 0.3) is 0 Å². The molecule has 3 aliphatic heterocycles. The summed E-state index contributed by atoms with van der Waals surface area (Å²) in [6.07, 6.45) is 6.67.